The fourth-order valence-electron chi connectivity index (χ4n) is 1.55. The van der Waals surface area contributed by atoms with Gasteiger partial charge in [-0.1, -0.05) is 11.8 Å². The van der Waals surface area contributed by atoms with Crippen molar-refractivity contribution in [2.24, 2.45) is 9.98 Å². The molecule has 0 radical (unpaired) electrons. The van der Waals surface area contributed by atoms with Crippen LogP contribution in [0.1, 0.15) is 10.4 Å². The summed E-state index contributed by atoms with van der Waals surface area (Å²) in [7, 11) is 1.52. The number of thioether (sulfide) groups is 1. The minimum Gasteiger partial charge on any atom is -0.497 e. The van der Waals surface area contributed by atoms with E-state index in [0.29, 0.717) is 16.5 Å². The molecule has 0 aromatic heterocycles. The summed E-state index contributed by atoms with van der Waals surface area (Å²) in [5.74, 6) is -0.946. The van der Waals surface area contributed by atoms with Crippen molar-refractivity contribution in [2.75, 3.05) is 13.4 Å². The van der Waals surface area contributed by atoms with Crippen LogP contribution in [0.2, 0.25) is 0 Å². The highest BCUT2D eigenvalue weighted by atomic mass is 32.2. The van der Waals surface area contributed by atoms with Gasteiger partial charge in [-0.15, -0.1) is 0 Å². The molecule has 1 aromatic rings. The monoisotopic (exact) mass is 304 g/mol. The Labute approximate surface area is 125 Å². The first-order valence-electron chi connectivity index (χ1n) is 5.85. The van der Waals surface area contributed by atoms with Crippen LogP contribution in [0.3, 0.4) is 0 Å². The van der Waals surface area contributed by atoms with E-state index in [1.165, 1.54) is 31.0 Å². The first-order chi connectivity index (χ1) is 10.0. The smallest absolute Gasteiger partial charge is 0.279 e. The molecule has 0 atom stereocenters. The lowest BCUT2D eigenvalue weighted by molar-refractivity contribution is -0.113. The number of amides is 2. The Morgan fingerprint density at radius 3 is 2.57 bits per heavy atom. The van der Waals surface area contributed by atoms with Gasteiger partial charge in [-0.3, -0.25) is 20.3 Å². The number of amidine groups is 2. The van der Waals surface area contributed by atoms with Gasteiger partial charge in [-0.2, -0.15) is 4.99 Å². The maximum absolute atomic E-state index is 12.0. The number of benzene rings is 1. The zero-order valence-electron chi connectivity index (χ0n) is 11.3. The molecule has 1 heterocycles. The zero-order chi connectivity index (χ0) is 15.4. The van der Waals surface area contributed by atoms with E-state index in [2.05, 4.69) is 15.3 Å². The third kappa shape index (κ3) is 3.34. The predicted octanol–water partition coefficient (Wildman–Crippen LogP) is 1.10. The average molecular weight is 304 g/mol. The summed E-state index contributed by atoms with van der Waals surface area (Å²) < 4.78 is 4.99. The molecular weight excluding hydrogens is 292 g/mol. The van der Waals surface area contributed by atoms with Crippen molar-refractivity contribution in [1.82, 2.24) is 5.32 Å². The molecule has 2 rings (SSSR count). The highest BCUT2D eigenvalue weighted by Crippen LogP contribution is 2.12. The molecule has 108 valence electrons. The van der Waals surface area contributed by atoms with Gasteiger partial charge in [0.05, 0.1) is 7.11 Å². The first-order valence-corrected chi connectivity index (χ1v) is 7.07. The van der Waals surface area contributed by atoms with Gasteiger partial charge in [0.25, 0.3) is 11.8 Å². The van der Waals surface area contributed by atoms with Crippen LogP contribution in [-0.4, -0.2) is 41.9 Å². The van der Waals surface area contributed by atoms with Crippen molar-refractivity contribution < 1.29 is 14.3 Å². The maximum Gasteiger partial charge on any atom is 0.279 e. The van der Waals surface area contributed by atoms with Crippen molar-refractivity contribution in [3.05, 3.63) is 29.8 Å². The van der Waals surface area contributed by atoms with E-state index in [1.807, 2.05) is 0 Å². The lowest BCUT2D eigenvalue weighted by Crippen LogP contribution is -2.43. The van der Waals surface area contributed by atoms with E-state index in [4.69, 9.17) is 10.1 Å². The number of methoxy groups -OCH3 is 1. The van der Waals surface area contributed by atoms with Gasteiger partial charge < -0.3 is 4.74 Å². The summed E-state index contributed by atoms with van der Waals surface area (Å²) in [4.78, 5) is 31.3. The third-order valence-electron chi connectivity index (χ3n) is 2.62. The molecule has 0 bridgehead atoms. The van der Waals surface area contributed by atoms with Crippen LogP contribution in [0.4, 0.5) is 0 Å². The molecule has 0 saturated heterocycles. The standard InChI is InChI=1S/C13H12N4O3S/c1-20-8-5-3-7(4-6-8)11(18)15-9-10(14)16-13(21-2)17-12(9)19/h3-6H,1-2H3,(H2,14,16,17,19). The molecule has 0 aliphatic carbocycles. The molecule has 0 unspecified atom stereocenters. The van der Waals surface area contributed by atoms with Crippen molar-refractivity contribution >= 4 is 40.3 Å². The molecule has 21 heavy (non-hydrogen) atoms. The van der Waals surface area contributed by atoms with Gasteiger partial charge in [0.15, 0.2) is 16.7 Å². The maximum atomic E-state index is 12.0. The van der Waals surface area contributed by atoms with Gasteiger partial charge >= 0.3 is 0 Å². The number of aliphatic imine (C=N–C) groups is 2. The summed E-state index contributed by atoms with van der Waals surface area (Å²) in [6, 6.07) is 6.30. The second-order valence-electron chi connectivity index (χ2n) is 3.92. The Kier molecular flexibility index (Phi) is 4.49. The Bertz CT molecular complexity index is 664. The zero-order valence-corrected chi connectivity index (χ0v) is 12.2. The summed E-state index contributed by atoms with van der Waals surface area (Å²) >= 11 is 1.20. The average Bonchev–Trinajstić information content (AvgIpc) is 2.50. The number of rotatable bonds is 2. The summed E-state index contributed by atoms with van der Waals surface area (Å²) in [6.07, 6.45) is 1.72. The highest BCUT2D eigenvalue weighted by molar-refractivity contribution is 8.13. The molecule has 1 aromatic carbocycles. The van der Waals surface area contributed by atoms with Crippen LogP contribution in [0.25, 0.3) is 0 Å². The van der Waals surface area contributed by atoms with Crippen molar-refractivity contribution in [3.8, 4) is 5.75 Å². The fraction of sp³-hybridized carbons (Fsp3) is 0.154. The second-order valence-corrected chi connectivity index (χ2v) is 4.71. The molecule has 7 nitrogen and oxygen atoms in total. The number of hydrogen-bond acceptors (Lipinski definition) is 5. The van der Waals surface area contributed by atoms with Gasteiger partial charge in [0.2, 0.25) is 0 Å². The van der Waals surface area contributed by atoms with Crippen LogP contribution in [0.5, 0.6) is 5.75 Å². The molecule has 0 saturated carbocycles. The summed E-state index contributed by atoms with van der Waals surface area (Å²) in [6.45, 7) is 0. The predicted molar refractivity (Wildman–Crippen MR) is 81.6 cm³/mol. The van der Waals surface area contributed by atoms with Crippen molar-refractivity contribution in [1.29, 1.82) is 5.41 Å². The largest absolute Gasteiger partial charge is 0.497 e. The summed E-state index contributed by atoms with van der Waals surface area (Å²) in [5, 5.41) is 10.4. The minimum atomic E-state index is -0.615. The van der Waals surface area contributed by atoms with Crippen LogP contribution in [0.15, 0.2) is 34.3 Å². The van der Waals surface area contributed by atoms with Crippen LogP contribution in [-0.2, 0) is 4.79 Å². The van der Waals surface area contributed by atoms with Crippen LogP contribution < -0.4 is 10.1 Å². The van der Waals surface area contributed by atoms with Crippen LogP contribution in [0, 0.1) is 5.41 Å². The van der Waals surface area contributed by atoms with E-state index >= 15 is 0 Å². The number of ether oxygens (including phenoxy) is 1. The Morgan fingerprint density at radius 2 is 2.05 bits per heavy atom. The first kappa shape index (κ1) is 14.9. The Balaban J connectivity index is 2.26. The van der Waals surface area contributed by atoms with Crippen molar-refractivity contribution in [3.63, 3.8) is 0 Å². The molecule has 1 aliphatic heterocycles. The molecule has 0 fully saturated rings. The van der Waals surface area contributed by atoms with Gasteiger partial charge in [-0.25, -0.2) is 4.99 Å². The molecule has 0 spiro atoms. The van der Waals surface area contributed by atoms with E-state index in [-0.39, 0.29) is 11.5 Å². The SMILES string of the molecule is COc1ccc(C(=O)N=C2C(=N)N=C(SC)NC2=O)cc1. The molecule has 2 amide bonds. The number of carbonyl (C=O) groups is 2. The number of carbonyl (C=O) groups excluding carboxylic acids is 2. The number of nitrogens with one attached hydrogen (secondary N) is 2. The lowest BCUT2D eigenvalue weighted by Gasteiger charge is -2.13. The second kappa shape index (κ2) is 6.31. The van der Waals surface area contributed by atoms with Gasteiger partial charge in [-0.05, 0) is 30.5 Å². The minimum absolute atomic E-state index is 0.295. The normalized spacial score (nSPS) is 16.5. The van der Waals surface area contributed by atoms with E-state index in [0.717, 1.165) is 0 Å². The molecule has 8 heteroatoms. The van der Waals surface area contributed by atoms with E-state index in [9.17, 15) is 9.59 Å². The summed E-state index contributed by atoms with van der Waals surface area (Å²) in [5.41, 5.74) is -0.00263. The molecule has 2 N–H and O–H groups in total. The topological polar surface area (TPSA) is 104 Å². The number of hydrogen-bond donors (Lipinski definition) is 2. The Morgan fingerprint density at radius 1 is 1.38 bits per heavy atom. The van der Waals surface area contributed by atoms with Gasteiger partial charge in [0, 0.05) is 5.56 Å². The fourth-order valence-corrected chi connectivity index (χ4v) is 1.92. The third-order valence-corrected chi connectivity index (χ3v) is 3.20. The highest BCUT2D eigenvalue weighted by Gasteiger charge is 2.25. The molecule has 1 aliphatic rings. The van der Waals surface area contributed by atoms with Crippen molar-refractivity contribution in [2.45, 2.75) is 0 Å². The molecular formula is C13H12N4O3S. The van der Waals surface area contributed by atoms with Crippen LogP contribution >= 0.6 is 11.8 Å². The number of nitrogens with zero attached hydrogens (tertiary/aromatic N) is 2. The van der Waals surface area contributed by atoms with E-state index < -0.39 is 11.8 Å². The lowest BCUT2D eigenvalue weighted by atomic mass is 10.2. The van der Waals surface area contributed by atoms with E-state index in [1.54, 1.807) is 18.4 Å². The van der Waals surface area contributed by atoms with Gasteiger partial charge in [0.1, 0.15) is 5.75 Å². The quantitative estimate of drug-likeness (QED) is 0.853. The Hall–Kier alpha value is -2.48.